The molecule has 0 bridgehead atoms. The van der Waals surface area contributed by atoms with E-state index in [9.17, 15) is 4.79 Å². The van der Waals surface area contributed by atoms with Crippen molar-refractivity contribution < 1.29 is 9.90 Å². The van der Waals surface area contributed by atoms with Crippen LogP contribution >= 0.6 is 0 Å². The van der Waals surface area contributed by atoms with Crippen LogP contribution < -0.4 is 0 Å². The molecule has 1 saturated carbocycles. The van der Waals surface area contributed by atoms with Crippen molar-refractivity contribution in [3.8, 4) is 0 Å². The maximum atomic E-state index is 11.2. The summed E-state index contributed by atoms with van der Waals surface area (Å²) in [7, 11) is 0. The minimum Gasteiger partial charge on any atom is -0.476 e. The van der Waals surface area contributed by atoms with Gasteiger partial charge in [-0.2, -0.15) is 5.10 Å². The summed E-state index contributed by atoms with van der Waals surface area (Å²) in [6.07, 6.45) is 8.75. The Balaban J connectivity index is 1.63. The summed E-state index contributed by atoms with van der Waals surface area (Å²) in [5.41, 5.74) is 3.31. The van der Waals surface area contributed by atoms with Crippen molar-refractivity contribution in [1.29, 1.82) is 0 Å². The van der Waals surface area contributed by atoms with E-state index in [1.165, 1.54) is 31.2 Å². The second-order valence-electron chi connectivity index (χ2n) is 6.83. The van der Waals surface area contributed by atoms with Crippen molar-refractivity contribution >= 4 is 5.97 Å². The zero-order valence-corrected chi connectivity index (χ0v) is 14.1. The van der Waals surface area contributed by atoms with Crippen LogP contribution in [0.4, 0.5) is 0 Å². The van der Waals surface area contributed by atoms with Gasteiger partial charge in [-0.25, -0.2) is 4.79 Å². The third kappa shape index (κ3) is 3.81. The minimum atomic E-state index is -0.997. The molecule has 0 unspecified atom stereocenters. The average molecular weight is 324 g/mol. The molecule has 0 spiro atoms. The smallest absolute Gasteiger partial charge is 0.356 e. The summed E-state index contributed by atoms with van der Waals surface area (Å²) in [5, 5.41) is 16.8. The molecule has 3 rings (SSSR count). The lowest BCUT2D eigenvalue weighted by Crippen LogP contribution is -2.15. The summed E-state index contributed by atoms with van der Waals surface area (Å²) < 4.78 is 0. The molecular formula is C20H24N2O2. The first kappa shape index (κ1) is 16.6. The highest BCUT2D eigenvalue weighted by Crippen LogP contribution is 2.38. The van der Waals surface area contributed by atoms with Gasteiger partial charge in [-0.3, -0.25) is 0 Å². The number of aromatic nitrogens is 2. The van der Waals surface area contributed by atoms with Crippen molar-refractivity contribution in [2.75, 3.05) is 0 Å². The molecule has 2 atom stereocenters. The van der Waals surface area contributed by atoms with Gasteiger partial charge in [0.1, 0.15) is 0 Å². The molecule has 1 aliphatic rings. The maximum Gasteiger partial charge on any atom is 0.356 e. The molecule has 1 aromatic carbocycles. The molecule has 0 amide bonds. The van der Waals surface area contributed by atoms with Gasteiger partial charge in [-0.1, -0.05) is 43.2 Å². The van der Waals surface area contributed by atoms with E-state index in [1.807, 2.05) is 6.92 Å². The Hall–Kier alpha value is -2.23. The first-order valence-corrected chi connectivity index (χ1v) is 8.74. The van der Waals surface area contributed by atoms with Gasteiger partial charge in [0, 0.05) is 0 Å². The van der Waals surface area contributed by atoms with Crippen LogP contribution in [0.2, 0.25) is 0 Å². The van der Waals surface area contributed by atoms with E-state index in [0.717, 1.165) is 24.0 Å². The quantitative estimate of drug-likeness (QED) is 0.886. The number of hydrogen-bond donors (Lipinski definition) is 1. The number of aryl methyl sites for hydroxylation is 1. The van der Waals surface area contributed by atoms with Gasteiger partial charge < -0.3 is 5.11 Å². The van der Waals surface area contributed by atoms with Crippen LogP contribution in [0.3, 0.4) is 0 Å². The van der Waals surface area contributed by atoms with Gasteiger partial charge in [0.15, 0.2) is 5.69 Å². The summed E-state index contributed by atoms with van der Waals surface area (Å²) in [6, 6.07) is 10.8. The van der Waals surface area contributed by atoms with Crippen molar-refractivity contribution in [3.63, 3.8) is 0 Å². The zero-order valence-electron chi connectivity index (χ0n) is 14.1. The van der Waals surface area contributed by atoms with E-state index in [-0.39, 0.29) is 5.69 Å². The Kier molecular flexibility index (Phi) is 5.24. The van der Waals surface area contributed by atoms with E-state index in [2.05, 4.69) is 40.5 Å². The molecule has 4 nitrogen and oxygen atoms in total. The largest absolute Gasteiger partial charge is 0.476 e. The van der Waals surface area contributed by atoms with Gasteiger partial charge in [0.05, 0.1) is 6.20 Å². The number of hydrogen-bond acceptors (Lipinski definition) is 3. The van der Waals surface area contributed by atoms with Gasteiger partial charge in [0.2, 0.25) is 0 Å². The maximum absolute atomic E-state index is 11.2. The van der Waals surface area contributed by atoms with Crippen LogP contribution in [-0.2, 0) is 6.42 Å². The minimum absolute atomic E-state index is 0.0818. The molecule has 0 aliphatic heterocycles. The summed E-state index contributed by atoms with van der Waals surface area (Å²) in [5.74, 6) is 0.365. The second kappa shape index (κ2) is 7.56. The standard InChI is InChI=1S/C20H24N2O2/c1-14-18(13-21-22-19(14)20(23)24)11-10-15-6-5-9-17(12-15)16-7-3-2-4-8-16/h2-4,7-8,13,15,17H,5-6,9-12H2,1H3,(H,23,24)/t15-,17-/m1/s1. The molecule has 126 valence electrons. The third-order valence-corrected chi connectivity index (χ3v) is 5.29. The number of carboxylic acid groups (broad SMARTS) is 1. The topological polar surface area (TPSA) is 63.1 Å². The van der Waals surface area contributed by atoms with Crippen molar-refractivity contribution in [2.45, 2.75) is 51.4 Å². The Morgan fingerprint density at radius 1 is 1.25 bits per heavy atom. The number of benzene rings is 1. The Morgan fingerprint density at radius 2 is 2.04 bits per heavy atom. The molecule has 1 heterocycles. The molecule has 0 saturated heterocycles. The van der Waals surface area contributed by atoms with Gasteiger partial charge >= 0.3 is 5.97 Å². The van der Waals surface area contributed by atoms with E-state index in [0.29, 0.717) is 11.8 Å². The summed E-state index contributed by atoms with van der Waals surface area (Å²) in [4.78, 5) is 11.2. The van der Waals surface area contributed by atoms with Crippen LogP contribution in [0.1, 0.15) is 65.2 Å². The molecule has 2 aromatic rings. The normalized spacial score (nSPS) is 20.7. The van der Waals surface area contributed by atoms with E-state index >= 15 is 0 Å². The SMILES string of the molecule is Cc1c(CC[C@H]2CCC[C@@H](c3ccccc3)C2)cnnc1C(=O)O. The Labute approximate surface area is 142 Å². The van der Waals surface area contributed by atoms with E-state index < -0.39 is 5.97 Å². The first-order chi connectivity index (χ1) is 11.6. The van der Waals surface area contributed by atoms with Crippen molar-refractivity contribution in [2.24, 2.45) is 5.92 Å². The molecule has 1 aliphatic carbocycles. The average Bonchev–Trinajstić information content (AvgIpc) is 2.61. The first-order valence-electron chi connectivity index (χ1n) is 8.74. The van der Waals surface area contributed by atoms with Gasteiger partial charge in [-0.15, -0.1) is 5.10 Å². The number of carboxylic acids is 1. The third-order valence-electron chi connectivity index (χ3n) is 5.29. The fourth-order valence-electron chi connectivity index (χ4n) is 3.88. The highest BCUT2D eigenvalue weighted by molar-refractivity contribution is 5.87. The predicted octanol–water partition coefficient (Wildman–Crippen LogP) is 4.39. The summed E-state index contributed by atoms with van der Waals surface area (Å²) in [6.45, 7) is 1.83. The highest BCUT2D eigenvalue weighted by Gasteiger charge is 2.23. The van der Waals surface area contributed by atoms with Gasteiger partial charge in [0.25, 0.3) is 0 Å². The zero-order chi connectivity index (χ0) is 16.9. The number of carbonyl (C=O) groups is 1. The van der Waals surface area contributed by atoms with Crippen LogP contribution in [0, 0.1) is 12.8 Å². The molecule has 1 fully saturated rings. The number of aromatic carboxylic acids is 1. The number of rotatable bonds is 5. The lowest BCUT2D eigenvalue weighted by molar-refractivity contribution is 0.0688. The van der Waals surface area contributed by atoms with Crippen LogP contribution in [0.25, 0.3) is 0 Å². The summed E-state index contributed by atoms with van der Waals surface area (Å²) >= 11 is 0. The Morgan fingerprint density at radius 3 is 2.79 bits per heavy atom. The lowest BCUT2D eigenvalue weighted by Gasteiger charge is -2.29. The van der Waals surface area contributed by atoms with Crippen LogP contribution in [0.5, 0.6) is 0 Å². The molecule has 24 heavy (non-hydrogen) atoms. The van der Waals surface area contributed by atoms with Gasteiger partial charge in [-0.05, 0) is 61.1 Å². The van der Waals surface area contributed by atoms with Crippen molar-refractivity contribution in [3.05, 3.63) is 58.9 Å². The molecule has 0 radical (unpaired) electrons. The predicted molar refractivity (Wildman–Crippen MR) is 93.2 cm³/mol. The molecule has 4 heteroatoms. The van der Waals surface area contributed by atoms with E-state index in [4.69, 9.17) is 5.11 Å². The van der Waals surface area contributed by atoms with E-state index in [1.54, 1.807) is 6.20 Å². The Bertz CT molecular complexity index is 700. The fraction of sp³-hybridized carbons (Fsp3) is 0.450. The molecular weight excluding hydrogens is 300 g/mol. The monoisotopic (exact) mass is 324 g/mol. The van der Waals surface area contributed by atoms with Crippen molar-refractivity contribution in [1.82, 2.24) is 10.2 Å². The lowest BCUT2D eigenvalue weighted by atomic mass is 9.76. The fourth-order valence-corrected chi connectivity index (χ4v) is 3.88. The second-order valence-corrected chi connectivity index (χ2v) is 6.83. The van der Waals surface area contributed by atoms with Crippen LogP contribution in [0.15, 0.2) is 36.5 Å². The van der Waals surface area contributed by atoms with Crippen LogP contribution in [-0.4, -0.2) is 21.3 Å². The highest BCUT2D eigenvalue weighted by atomic mass is 16.4. The molecule has 1 N–H and O–H groups in total. The molecule has 1 aromatic heterocycles. The number of nitrogens with zero attached hydrogens (tertiary/aromatic N) is 2.